The van der Waals surface area contributed by atoms with Crippen LogP contribution >= 0.6 is 0 Å². The summed E-state index contributed by atoms with van der Waals surface area (Å²) in [5.74, 6) is 0.914. The maximum atomic E-state index is 12.6. The second kappa shape index (κ2) is 7.02. The van der Waals surface area contributed by atoms with E-state index in [2.05, 4.69) is 15.4 Å². The predicted octanol–water partition coefficient (Wildman–Crippen LogP) is 3.23. The quantitative estimate of drug-likeness (QED) is 0.772. The molecule has 27 heavy (non-hydrogen) atoms. The molecule has 140 valence electrons. The van der Waals surface area contributed by atoms with E-state index in [9.17, 15) is 4.79 Å². The zero-order chi connectivity index (χ0) is 19.0. The van der Waals surface area contributed by atoms with Gasteiger partial charge in [0.1, 0.15) is 5.75 Å². The van der Waals surface area contributed by atoms with Gasteiger partial charge in [0.05, 0.1) is 18.3 Å². The lowest BCUT2D eigenvalue weighted by Crippen LogP contribution is -2.32. The lowest BCUT2D eigenvalue weighted by Gasteiger charge is -2.26. The molecular formula is C21H24N4O2. The van der Waals surface area contributed by atoms with Crippen LogP contribution in [0.4, 0.5) is 0 Å². The maximum absolute atomic E-state index is 12.6. The standard InChI is InChI=1S/C21H24N4O2/c1-13-12-20-22-14(2)16(15(3)25(20)24-13)8-9-21(26)23-18-10-11-27-19-7-5-4-6-17(18)19/h4-7,12,18H,8-11H2,1-3H3,(H,23,26)/t18-/m1/s1. The van der Waals surface area contributed by atoms with E-state index < -0.39 is 0 Å². The first-order chi connectivity index (χ1) is 13.0. The summed E-state index contributed by atoms with van der Waals surface area (Å²) in [6, 6.07) is 9.89. The number of rotatable bonds is 4. The molecule has 1 aromatic carbocycles. The van der Waals surface area contributed by atoms with Crippen LogP contribution in [-0.2, 0) is 11.2 Å². The van der Waals surface area contributed by atoms with E-state index in [1.165, 1.54) is 0 Å². The highest BCUT2D eigenvalue weighted by molar-refractivity contribution is 5.77. The van der Waals surface area contributed by atoms with Gasteiger partial charge in [-0.3, -0.25) is 4.79 Å². The van der Waals surface area contributed by atoms with Gasteiger partial charge >= 0.3 is 0 Å². The van der Waals surface area contributed by atoms with Crippen LogP contribution in [0.5, 0.6) is 5.75 Å². The molecule has 0 bridgehead atoms. The van der Waals surface area contributed by atoms with Crippen molar-refractivity contribution < 1.29 is 9.53 Å². The van der Waals surface area contributed by atoms with Gasteiger partial charge in [-0.15, -0.1) is 0 Å². The Kier molecular flexibility index (Phi) is 4.56. The van der Waals surface area contributed by atoms with Gasteiger partial charge < -0.3 is 10.1 Å². The van der Waals surface area contributed by atoms with Gasteiger partial charge in [-0.1, -0.05) is 18.2 Å². The van der Waals surface area contributed by atoms with Crippen molar-refractivity contribution in [2.24, 2.45) is 0 Å². The SMILES string of the molecule is Cc1cc2nc(C)c(CCC(=O)N[C@@H]3CCOc4ccccc43)c(C)n2n1. The third-order valence-electron chi connectivity index (χ3n) is 5.18. The molecule has 0 saturated heterocycles. The number of carbonyl (C=O) groups excluding carboxylic acids is 1. The number of aromatic nitrogens is 3. The first-order valence-electron chi connectivity index (χ1n) is 9.36. The molecule has 3 heterocycles. The van der Waals surface area contributed by atoms with E-state index in [4.69, 9.17) is 4.74 Å². The highest BCUT2D eigenvalue weighted by Gasteiger charge is 2.22. The molecule has 0 saturated carbocycles. The van der Waals surface area contributed by atoms with Gasteiger partial charge in [0.25, 0.3) is 0 Å². The van der Waals surface area contributed by atoms with Gasteiger partial charge in [0, 0.05) is 35.9 Å². The molecule has 2 aromatic heterocycles. The van der Waals surface area contributed by atoms with Crippen molar-refractivity contribution in [2.45, 2.75) is 46.1 Å². The Morgan fingerprint density at radius 2 is 2.11 bits per heavy atom. The molecule has 6 nitrogen and oxygen atoms in total. The lowest BCUT2D eigenvalue weighted by molar-refractivity contribution is -0.122. The smallest absolute Gasteiger partial charge is 0.220 e. The number of nitrogens with one attached hydrogen (secondary N) is 1. The third kappa shape index (κ3) is 3.39. The number of hydrogen-bond acceptors (Lipinski definition) is 4. The molecular weight excluding hydrogens is 340 g/mol. The average Bonchev–Trinajstić information content (AvgIpc) is 3.02. The third-order valence-corrected chi connectivity index (χ3v) is 5.18. The molecule has 1 aliphatic heterocycles. The topological polar surface area (TPSA) is 68.5 Å². The van der Waals surface area contributed by atoms with Crippen LogP contribution in [0.15, 0.2) is 30.3 Å². The first-order valence-corrected chi connectivity index (χ1v) is 9.36. The molecule has 6 heteroatoms. The van der Waals surface area contributed by atoms with Crippen molar-refractivity contribution in [2.75, 3.05) is 6.61 Å². The minimum atomic E-state index is 0.0130. The molecule has 1 N–H and O–H groups in total. The van der Waals surface area contributed by atoms with Crippen molar-refractivity contribution >= 4 is 11.6 Å². The Labute approximate surface area is 158 Å². The number of hydrogen-bond donors (Lipinski definition) is 1. The van der Waals surface area contributed by atoms with E-state index in [-0.39, 0.29) is 11.9 Å². The Morgan fingerprint density at radius 3 is 2.96 bits per heavy atom. The molecule has 0 fully saturated rings. The van der Waals surface area contributed by atoms with E-state index in [1.54, 1.807) is 0 Å². The number of aryl methyl sites for hydroxylation is 3. The van der Waals surface area contributed by atoms with Crippen molar-refractivity contribution in [3.8, 4) is 5.75 Å². The normalized spacial score (nSPS) is 16.0. The Morgan fingerprint density at radius 1 is 1.30 bits per heavy atom. The number of nitrogens with zero attached hydrogens (tertiary/aromatic N) is 3. The van der Waals surface area contributed by atoms with Crippen molar-refractivity contribution in [1.29, 1.82) is 0 Å². The average molecular weight is 364 g/mol. The van der Waals surface area contributed by atoms with Crippen molar-refractivity contribution in [3.05, 3.63) is 58.5 Å². The number of carbonyl (C=O) groups is 1. The van der Waals surface area contributed by atoms with Crippen LogP contribution in [0.2, 0.25) is 0 Å². The molecule has 3 aromatic rings. The fourth-order valence-electron chi connectivity index (χ4n) is 3.80. The minimum absolute atomic E-state index is 0.0130. The first kappa shape index (κ1) is 17.5. The Bertz CT molecular complexity index is 1010. The van der Waals surface area contributed by atoms with Gasteiger partial charge in [0.2, 0.25) is 5.91 Å². The van der Waals surface area contributed by atoms with Crippen LogP contribution in [0.1, 0.15) is 47.1 Å². The van der Waals surface area contributed by atoms with Crippen LogP contribution in [-0.4, -0.2) is 27.1 Å². The monoisotopic (exact) mass is 364 g/mol. The molecule has 0 unspecified atom stereocenters. The fraction of sp³-hybridized carbons (Fsp3) is 0.381. The Hall–Kier alpha value is -2.89. The number of amides is 1. The molecule has 0 aliphatic carbocycles. The molecule has 0 radical (unpaired) electrons. The van der Waals surface area contributed by atoms with E-state index in [0.717, 1.165) is 46.0 Å². The predicted molar refractivity (Wildman–Crippen MR) is 103 cm³/mol. The summed E-state index contributed by atoms with van der Waals surface area (Å²) in [6.45, 7) is 6.62. The second-order valence-electron chi connectivity index (χ2n) is 7.11. The molecule has 0 spiro atoms. The van der Waals surface area contributed by atoms with Gasteiger partial charge in [-0.2, -0.15) is 5.10 Å². The van der Waals surface area contributed by atoms with E-state index in [0.29, 0.717) is 19.4 Å². The van der Waals surface area contributed by atoms with Crippen LogP contribution in [0.25, 0.3) is 5.65 Å². The van der Waals surface area contributed by atoms with Gasteiger partial charge in [-0.25, -0.2) is 9.50 Å². The minimum Gasteiger partial charge on any atom is -0.493 e. The summed E-state index contributed by atoms with van der Waals surface area (Å²) >= 11 is 0. The summed E-state index contributed by atoms with van der Waals surface area (Å²) < 4.78 is 7.53. The summed E-state index contributed by atoms with van der Waals surface area (Å²) in [7, 11) is 0. The Balaban J connectivity index is 1.47. The zero-order valence-electron chi connectivity index (χ0n) is 16.0. The summed E-state index contributed by atoms with van der Waals surface area (Å²) in [6.07, 6.45) is 1.87. The fourth-order valence-corrected chi connectivity index (χ4v) is 3.80. The largest absolute Gasteiger partial charge is 0.493 e. The van der Waals surface area contributed by atoms with Crippen LogP contribution in [0.3, 0.4) is 0 Å². The van der Waals surface area contributed by atoms with E-state index >= 15 is 0 Å². The molecule has 1 atom stereocenters. The number of benzene rings is 1. The van der Waals surface area contributed by atoms with Gasteiger partial charge in [0.15, 0.2) is 5.65 Å². The maximum Gasteiger partial charge on any atom is 0.220 e. The summed E-state index contributed by atoms with van der Waals surface area (Å²) in [5.41, 5.74) is 5.96. The number of fused-ring (bicyclic) bond motifs is 2. The zero-order valence-corrected chi connectivity index (χ0v) is 16.0. The lowest BCUT2D eigenvalue weighted by atomic mass is 10.00. The van der Waals surface area contributed by atoms with Gasteiger partial charge in [-0.05, 0) is 38.8 Å². The molecule has 1 amide bonds. The van der Waals surface area contributed by atoms with E-state index in [1.807, 2.05) is 55.6 Å². The highest BCUT2D eigenvalue weighted by atomic mass is 16.5. The molecule has 4 rings (SSSR count). The number of para-hydroxylation sites is 1. The molecule has 1 aliphatic rings. The second-order valence-corrected chi connectivity index (χ2v) is 7.11. The van der Waals surface area contributed by atoms with Crippen molar-refractivity contribution in [3.63, 3.8) is 0 Å². The summed E-state index contributed by atoms with van der Waals surface area (Å²) in [4.78, 5) is 17.2. The highest BCUT2D eigenvalue weighted by Crippen LogP contribution is 2.31. The number of ether oxygens (including phenoxy) is 1. The van der Waals surface area contributed by atoms with Crippen LogP contribution in [0, 0.1) is 20.8 Å². The summed E-state index contributed by atoms with van der Waals surface area (Å²) in [5, 5.41) is 7.66. The van der Waals surface area contributed by atoms with Crippen LogP contribution < -0.4 is 10.1 Å². The van der Waals surface area contributed by atoms with Crippen molar-refractivity contribution in [1.82, 2.24) is 19.9 Å².